The molecule has 0 aromatic heterocycles. The van der Waals surface area contributed by atoms with E-state index in [0.717, 1.165) is 25.8 Å². The van der Waals surface area contributed by atoms with Crippen LogP contribution in [-0.2, 0) is 16.1 Å². The minimum Gasteiger partial charge on any atom is -0.381 e. The topological polar surface area (TPSA) is 29.5 Å². The molecule has 2 aliphatic heterocycles. The lowest BCUT2D eigenvalue weighted by atomic mass is 9.77. The number of ether oxygens (including phenoxy) is 1. The molecule has 3 aliphatic rings. The Kier molecular flexibility index (Phi) is 3.08. The van der Waals surface area contributed by atoms with E-state index in [4.69, 9.17) is 4.74 Å². The second-order valence-corrected chi connectivity index (χ2v) is 5.30. The van der Waals surface area contributed by atoms with E-state index in [0.29, 0.717) is 6.04 Å². The first-order valence-electron chi connectivity index (χ1n) is 6.67. The zero-order valence-corrected chi connectivity index (χ0v) is 10.7. The molecule has 18 heavy (non-hydrogen) atoms. The molecule has 0 radical (unpaired) electrons. The number of hydrogen-bond donors (Lipinski definition) is 0. The number of nitrogens with zero attached hydrogens (tertiary/aromatic N) is 1. The van der Waals surface area contributed by atoms with Gasteiger partial charge in [0.25, 0.3) is 0 Å². The molecule has 4 rings (SSSR count). The van der Waals surface area contributed by atoms with E-state index in [9.17, 15) is 4.79 Å². The maximum atomic E-state index is 12.4. The summed E-state index contributed by atoms with van der Waals surface area (Å²) in [4.78, 5) is 14.5. The molecule has 1 aliphatic carbocycles. The molecule has 0 spiro atoms. The molecule has 1 amide bonds. The first kappa shape index (κ1) is 11.7. The molecule has 2 heterocycles. The zero-order valence-electron chi connectivity index (χ0n) is 10.7. The minimum absolute atomic E-state index is 0.0868. The average molecular weight is 245 g/mol. The highest BCUT2D eigenvalue weighted by molar-refractivity contribution is 5.81. The number of hydrogen-bond acceptors (Lipinski definition) is 2. The fourth-order valence-corrected chi connectivity index (χ4v) is 3.31. The summed E-state index contributed by atoms with van der Waals surface area (Å²) < 4.78 is 5.45. The molecule has 96 valence electrons. The van der Waals surface area contributed by atoms with E-state index in [2.05, 4.69) is 17.0 Å². The molecule has 3 nitrogen and oxygen atoms in total. The molecule has 3 fully saturated rings. The van der Waals surface area contributed by atoms with Crippen LogP contribution in [0.15, 0.2) is 30.3 Å². The number of amides is 1. The van der Waals surface area contributed by atoms with Gasteiger partial charge in [0.1, 0.15) is 0 Å². The SMILES string of the molecule is CO[C@@H]1C[C@H]2CC[C@@H]1C(=O)N2Cc1ccccc1. The van der Waals surface area contributed by atoms with Gasteiger partial charge in [-0.15, -0.1) is 0 Å². The van der Waals surface area contributed by atoms with Crippen molar-refractivity contribution in [1.29, 1.82) is 0 Å². The van der Waals surface area contributed by atoms with E-state index in [1.165, 1.54) is 5.56 Å². The second-order valence-electron chi connectivity index (χ2n) is 5.30. The summed E-state index contributed by atoms with van der Waals surface area (Å²) in [6, 6.07) is 10.6. The minimum atomic E-state index is 0.0868. The Balaban J connectivity index is 1.77. The Hall–Kier alpha value is -1.35. The van der Waals surface area contributed by atoms with Crippen molar-refractivity contribution in [3.63, 3.8) is 0 Å². The van der Waals surface area contributed by atoms with Gasteiger partial charge in [0.15, 0.2) is 0 Å². The number of rotatable bonds is 3. The van der Waals surface area contributed by atoms with Crippen molar-refractivity contribution in [2.45, 2.75) is 38.0 Å². The van der Waals surface area contributed by atoms with Crippen molar-refractivity contribution in [2.75, 3.05) is 7.11 Å². The molecule has 2 saturated heterocycles. The Bertz CT molecular complexity index is 431. The molecule has 1 saturated carbocycles. The zero-order chi connectivity index (χ0) is 12.5. The fourth-order valence-electron chi connectivity index (χ4n) is 3.31. The smallest absolute Gasteiger partial charge is 0.228 e. The van der Waals surface area contributed by atoms with Gasteiger partial charge < -0.3 is 9.64 Å². The van der Waals surface area contributed by atoms with Crippen LogP contribution in [0.2, 0.25) is 0 Å². The summed E-state index contributed by atoms with van der Waals surface area (Å²) in [5, 5.41) is 0. The number of carbonyl (C=O) groups excluding carboxylic acids is 1. The van der Waals surface area contributed by atoms with Gasteiger partial charge in [-0.3, -0.25) is 4.79 Å². The highest BCUT2D eigenvalue weighted by atomic mass is 16.5. The van der Waals surface area contributed by atoms with Crippen LogP contribution < -0.4 is 0 Å². The maximum Gasteiger partial charge on any atom is 0.228 e. The highest BCUT2D eigenvalue weighted by Crippen LogP contribution is 2.38. The van der Waals surface area contributed by atoms with E-state index >= 15 is 0 Å². The summed E-state index contributed by atoms with van der Waals surface area (Å²) in [6.07, 6.45) is 3.26. The summed E-state index contributed by atoms with van der Waals surface area (Å²) in [7, 11) is 1.72. The molecule has 3 heteroatoms. The lowest BCUT2D eigenvalue weighted by Gasteiger charge is -2.48. The maximum absolute atomic E-state index is 12.4. The van der Waals surface area contributed by atoms with Crippen LogP contribution in [0.3, 0.4) is 0 Å². The van der Waals surface area contributed by atoms with Crippen LogP contribution in [0.25, 0.3) is 0 Å². The quantitative estimate of drug-likeness (QED) is 0.817. The van der Waals surface area contributed by atoms with Crippen LogP contribution in [0, 0.1) is 5.92 Å². The molecule has 1 aromatic carbocycles. The van der Waals surface area contributed by atoms with Crippen molar-refractivity contribution < 1.29 is 9.53 Å². The molecule has 0 N–H and O–H groups in total. The van der Waals surface area contributed by atoms with Crippen molar-refractivity contribution in [1.82, 2.24) is 4.90 Å². The first-order valence-corrected chi connectivity index (χ1v) is 6.67. The van der Waals surface area contributed by atoms with Crippen LogP contribution in [0.1, 0.15) is 24.8 Å². The van der Waals surface area contributed by atoms with Gasteiger partial charge >= 0.3 is 0 Å². The Labute approximate surface area is 108 Å². The predicted octanol–water partition coefficient (Wildman–Crippen LogP) is 2.21. The number of carbonyl (C=O) groups is 1. The lowest BCUT2D eigenvalue weighted by Crippen LogP contribution is -2.57. The summed E-state index contributed by atoms with van der Waals surface area (Å²) in [5.41, 5.74) is 1.22. The van der Waals surface area contributed by atoms with Crippen molar-refractivity contribution >= 4 is 5.91 Å². The highest BCUT2D eigenvalue weighted by Gasteiger charge is 2.46. The Morgan fingerprint density at radius 1 is 1.28 bits per heavy atom. The average Bonchev–Trinajstić information content (AvgIpc) is 2.43. The van der Waals surface area contributed by atoms with Crippen LogP contribution in [0.4, 0.5) is 0 Å². The van der Waals surface area contributed by atoms with E-state index in [1.807, 2.05) is 18.2 Å². The summed E-state index contributed by atoms with van der Waals surface area (Å²) in [5.74, 6) is 0.372. The molecule has 3 atom stereocenters. The lowest BCUT2D eigenvalue weighted by molar-refractivity contribution is -0.159. The number of fused-ring (bicyclic) bond motifs is 3. The van der Waals surface area contributed by atoms with Gasteiger partial charge in [-0.25, -0.2) is 0 Å². The Morgan fingerprint density at radius 2 is 2.06 bits per heavy atom. The van der Waals surface area contributed by atoms with E-state index in [1.54, 1.807) is 7.11 Å². The predicted molar refractivity (Wildman–Crippen MR) is 68.9 cm³/mol. The fraction of sp³-hybridized carbons (Fsp3) is 0.533. The summed E-state index contributed by atoms with van der Waals surface area (Å²) >= 11 is 0. The van der Waals surface area contributed by atoms with Crippen LogP contribution in [-0.4, -0.2) is 30.1 Å². The van der Waals surface area contributed by atoms with Gasteiger partial charge in [-0.05, 0) is 24.8 Å². The number of benzene rings is 1. The van der Waals surface area contributed by atoms with Crippen molar-refractivity contribution in [2.24, 2.45) is 5.92 Å². The van der Waals surface area contributed by atoms with Gasteiger partial charge in [0, 0.05) is 19.7 Å². The molecule has 2 bridgehead atoms. The van der Waals surface area contributed by atoms with Gasteiger partial charge in [0.2, 0.25) is 5.91 Å². The molecule has 0 unspecified atom stereocenters. The third-order valence-electron chi connectivity index (χ3n) is 4.30. The van der Waals surface area contributed by atoms with Gasteiger partial charge in [-0.2, -0.15) is 0 Å². The van der Waals surface area contributed by atoms with Crippen molar-refractivity contribution in [3.05, 3.63) is 35.9 Å². The first-order chi connectivity index (χ1) is 8.79. The van der Waals surface area contributed by atoms with Crippen LogP contribution in [0.5, 0.6) is 0 Å². The molecular weight excluding hydrogens is 226 g/mol. The van der Waals surface area contributed by atoms with Crippen molar-refractivity contribution in [3.8, 4) is 0 Å². The number of methoxy groups -OCH3 is 1. The third-order valence-corrected chi connectivity index (χ3v) is 4.30. The third kappa shape index (κ3) is 1.93. The molecule has 1 aromatic rings. The molecular formula is C15H19NO2. The normalized spacial score (nSPS) is 30.8. The van der Waals surface area contributed by atoms with E-state index < -0.39 is 0 Å². The largest absolute Gasteiger partial charge is 0.381 e. The standard InChI is InChI=1S/C15H19NO2/c1-18-14-9-12-7-8-13(14)15(17)16(12)10-11-5-3-2-4-6-11/h2-6,12-14H,7-10H2,1H3/t12-,13+,14-/m1/s1. The second kappa shape index (κ2) is 4.73. The van der Waals surface area contributed by atoms with Crippen LogP contribution >= 0.6 is 0 Å². The van der Waals surface area contributed by atoms with E-state index in [-0.39, 0.29) is 17.9 Å². The Morgan fingerprint density at radius 3 is 2.72 bits per heavy atom. The summed E-state index contributed by atoms with van der Waals surface area (Å²) in [6.45, 7) is 0.747. The number of piperidine rings is 2. The monoisotopic (exact) mass is 245 g/mol. The van der Waals surface area contributed by atoms with Gasteiger partial charge in [0.05, 0.1) is 12.0 Å². The van der Waals surface area contributed by atoms with Gasteiger partial charge in [-0.1, -0.05) is 30.3 Å².